The van der Waals surface area contributed by atoms with Crippen molar-refractivity contribution in [3.63, 3.8) is 0 Å². The van der Waals surface area contributed by atoms with Gasteiger partial charge in [-0.25, -0.2) is 9.78 Å². The van der Waals surface area contributed by atoms with E-state index in [9.17, 15) is 4.79 Å². The average Bonchev–Trinajstić information content (AvgIpc) is 2.37. The highest BCUT2D eigenvalue weighted by Gasteiger charge is 2.07. The molecule has 0 bridgehead atoms. The first-order valence-electron chi connectivity index (χ1n) is 4.81. The lowest BCUT2D eigenvalue weighted by molar-refractivity contribution is 0.0768. The van der Waals surface area contributed by atoms with Crippen molar-refractivity contribution in [2.24, 2.45) is 0 Å². The summed E-state index contributed by atoms with van der Waals surface area (Å²) in [4.78, 5) is 16.2. The van der Waals surface area contributed by atoms with Gasteiger partial charge in [0.25, 0.3) is 0 Å². The SMILES string of the molecule is O=C(OSc1ccnc(Cl)c1)c1ccccc1. The molecule has 17 heavy (non-hydrogen) atoms. The summed E-state index contributed by atoms with van der Waals surface area (Å²) in [7, 11) is 0. The van der Waals surface area contributed by atoms with E-state index in [-0.39, 0.29) is 5.97 Å². The zero-order chi connectivity index (χ0) is 12.1. The molecule has 5 heteroatoms. The molecule has 2 aromatic rings. The molecule has 0 fully saturated rings. The molecule has 0 amide bonds. The first kappa shape index (κ1) is 12.0. The molecule has 86 valence electrons. The lowest BCUT2D eigenvalue weighted by atomic mass is 10.2. The highest BCUT2D eigenvalue weighted by molar-refractivity contribution is 7.95. The molecule has 0 unspecified atom stereocenters. The molecule has 0 atom stereocenters. The van der Waals surface area contributed by atoms with Crippen LogP contribution in [-0.4, -0.2) is 11.0 Å². The number of carbonyl (C=O) groups is 1. The Morgan fingerprint density at radius 3 is 2.71 bits per heavy atom. The number of hydrogen-bond donors (Lipinski definition) is 0. The second-order valence-electron chi connectivity index (χ2n) is 3.13. The van der Waals surface area contributed by atoms with Gasteiger partial charge < -0.3 is 4.18 Å². The van der Waals surface area contributed by atoms with Gasteiger partial charge in [0.05, 0.1) is 22.5 Å². The smallest absolute Gasteiger partial charge is 0.350 e. The van der Waals surface area contributed by atoms with Gasteiger partial charge in [-0.2, -0.15) is 0 Å². The van der Waals surface area contributed by atoms with Gasteiger partial charge in [-0.15, -0.1) is 0 Å². The molecule has 0 radical (unpaired) electrons. The third kappa shape index (κ3) is 3.47. The number of pyridine rings is 1. The number of hydrogen-bond acceptors (Lipinski definition) is 4. The van der Waals surface area contributed by atoms with Crippen LogP contribution in [0.3, 0.4) is 0 Å². The first-order valence-corrected chi connectivity index (χ1v) is 5.93. The van der Waals surface area contributed by atoms with Crippen LogP contribution >= 0.6 is 23.6 Å². The number of halogens is 1. The minimum absolute atomic E-state index is 0.366. The Labute approximate surface area is 108 Å². The van der Waals surface area contributed by atoms with Gasteiger partial charge in [-0.05, 0) is 24.3 Å². The van der Waals surface area contributed by atoms with Crippen molar-refractivity contribution in [2.45, 2.75) is 4.90 Å². The lowest BCUT2D eigenvalue weighted by Crippen LogP contribution is -1.98. The summed E-state index contributed by atoms with van der Waals surface area (Å²) < 4.78 is 5.06. The minimum Gasteiger partial charge on any atom is -0.382 e. The summed E-state index contributed by atoms with van der Waals surface area (Å²) in [6.07, 6.45) is 1.56. The Morgan fingerprint density at radius 2 is 2.00 bits per heavy atom. The Hall–Kier alpha value is -1.52. The zero-order valence-corrected chi connectivity index (χ0v) is 10.2. The zero-order valence-electron chi connectivity index (χ0n) is 8.67. The van der Waals surface area contributed by atoms with E-state index in [1.54, 1.807) is 42.6 Å². The molecule has 0 aliphatic rings. The van der Waals surface area contributed by atoms with Crippen LogP contribution in [0.1, 0.15) is 10.4 Å². The van der Waals surface area contributed by atoms with E-state index in [1.807, 2.05) is 6.07 Å². The summed E-state index contributed by atoms with van der Waals surface area (Å²) in [6.45, 7) is 0. The predicted octanol–water partition coefficient (Wildman–Crippen LogP) is 3.60. The Bertz CT molecular complexity index is 519. The van der Waals surface area contributed by atoms with E-state index in [0.29, 0.717) is 10.7 Å². The van der Waals surface area contributed by atoms with Gasteiger partial charge >= 0.3 is 5.97 Å². The summed E-state index contributed by atoms with van der Waals surface area (Å²) in [5.74, 6) is -0.386. The predicted molar refractivity (Wildman–Crippen MR) is 67.0 cm³/mol. The van der Waals surface area contributed by atoms with Crippen LogP contribution in [-0.2, 0) is 4.18 Å². The molecule has 0 aliphatic heterocycles. The molecule has 0 aliphatic carbocycles. The highest BCUT2D eigenvalue weighted by Crippen LogP contribution is 2.22. The summed E-state index contributed by atoms with van der Waals surface area (Å²) in [5, 5.41) is 0.366. The Morgan fingerprint density at radius 1 is 1.24 bits per heavy atom. The van der Waals surface area contributed by atoms with Crippen LogP contribution in [0, 0.1) is 0 Å². The van der Waals surface area contributed by atoms with Gasteiger partial charge in [0.1, 0.15) is 5.15 Å². The van der Waals surface area contributed by atoms with Gasteiger partial charge in [-0.1, -0.05) is 29.8 Å². The number of benzene rings is 1. The molecular formula is C12H8ClNO2S. The fourth-order valence-corrected chi connectivity index (χ4v) is 1.93. The van der Waals surface area contributed by atoms with Crippen molar-refractivity contribution >= 4 is 29.6 Å². The van der Waals surface area contributed by atoms with Gasteiger partial charge in [0, 0.05) is 6.20 Å². The second-order valence-corrected chi connectivity index (χ2v) is 4.33. The van der Waals surface area contributed by atoms with Gasteiger partial charge in [-0.3, -0.25) is 0 Å². The van der Waals surface area contributed by atoms with Crippen LogP contribution in [0.15, 0.2) is 53.6 Å². The third-order valence-corrected chi connectivity index (χ3v) is 2.81. The average molecular weight is 266 g/mol. The van der Waals surface area contributed by atoms with Gasteiger partial charge in [0.15, 0.2) is 0 Å². The van der Waals surface area contributed by atoms with Crippen LogP contribution in [0.4, 0.5) is 0 Å². The largest absolute Gasteiger partial charge is 0.382 e. The van der Waals surface area contributed by atoms with Crippen molar-refractivity contribution in [3.05, 3.63) is 59.4 Å². The fraction of sp³-hybridized carbons (Fsp3) is 0. The maximum Gasteiger partial charge on any atom is 0.350 e. The van der Waals surface area contributed by atoms with E-state index >= 15 is 0 Å². The fourth-order valence-electron chi connectivity index (χ4n) is 1.14. The minimum atomic E-state index is -0.386. The third-order valence-electron chi connectivity index (χ3n) is 1.92. The monoisotopic (exact) mass is 265 g/mol. The molecular weight excluding hydrogens is 258 g/mol. The van der Waals surface area contributed by atoms with E-state index in [4.69, 9.17) is 15.8 Å². The first-order chi connectivity index (χ1) is 8.25. The number of rotatable bonds is 3. The molecule has 1 aromatic heterocycles. The standard InChI is InChI=1S/C12H8ClNO2S/c13-11-8-10(6-7-14-11)17-16-12(15)9-4-2-1-3-5-9/h1-8H. The topological polar surface area (TPSA) is 39.2 Å². The second kappa shape index (κ2) is 5.70. The number of nitrogens with zero attached hydrogens (tertiary/aromatic N) is 1. The quantitative estimate of drug-likeness (QED) is 0.628. The molecule has 1 heterocycles. The van der Waals surface area contributed by atoms with Crippen molar-refractivity contribution in [2.75, 3.05) is 0 Å². The van der Waals surface area contributed by atoms with E-state index in [1.165, 1.54) is 0 Å². The molecule has 0 saturated carbocycles. The Kier molecular flexibility index (Phi) is 4.01. The molecule has 2 rings (SSSR count). The van der Waals surface area contributed by atoms with E-state index < -0.39 is 0 Å². The van der Waals surface area contributed by atoms with Crippen molar-refractivity contribution in [1.29, 1.82) is 0 Å². The van der Waals surface area contributed by atoms with Crippen LogP contribution in [0.25, 0.3) is 0 Å². The van der Waals surface area contributed by atoms with E-state index in [0.717, 1.165) is 16.9 Å². The summed E-state index contributed by atoms with van der Waals surface area (Å²) in [6, 6.07) is 12.1. The number of carbonyl (C=O) groups excluding carboxylic acids is 1. The molecule has 0 saturated heterocycles. The summed E-state index contributed by atoms with van der Waals surface area (Å²) >= 11 is 6.68. The summed E-state index contributed by atoms with van der Waals surface area (Å²) in [5.41, 5.74) is 0.514. The molecule has 1 aromatic carbocycles. The molecule has 3 nitrogen and oxygen atoms in total. The lowest BCUT2D eigenvalue weighted by Gasteiger charge is -2.02. The molecule has 0 N–H and O–H groups in total. The number of aromatic nitrogens is 1. The molecule has 0 spiro atoms. The highest BCUT2D eigenvalue weighted by atomic mass is 35.5. The normalized spacial score (nSPS) is 9.94. The maximum absolute atomic E-state index is 11.6. The van der Waals surface area contributed by atoms with Crippen LogP contribution < -0.4 is 0 Å². The Balaban J connectivity index is 1.97. The van der Waals surface area contributed by atoms with Crippen molar-refractivity contribution in [1.82, 2.24) is 4.98 Å². The van der Waals surface area contributed by atoms with Gasteiger partial charge in [0.2, 0.25) is 0 Å². The van der Waals surface area contributed by atoms with Crippen molar-refractivity contribution < 1.29 is 8.98 Å². The van der Waals surface area contributed by atoms with Crippen molar-refractivity contribution in [3.8, 4) is 0 Å². The maximum atomic E-state index is 11.6. The van der Waals surface area contributed by atoms with Crippen LogP contribution in [0.5, 0.6) is 0 Å². The van der Waals surface area contributed by atoms with E-state index in [2.05, 4.69) is 4.98 Å². The van der Waals surface area contributed by atoms with Crippen LogP contribution in [0.2, 0.25) is 5.15 Å².